The minimum atomic E-state index is -0.943. The van der Waals surface area contributed by atoms with Crippen molar-refractivity contribution in [1.29, 1.82) is 0 Å². The van der Waals surface area contributed by atoms with Crippen LogP contribution in [0.15, 0.2) is 30.3 Å². The molecule has 2 fully saturated rings. The zero-order valence-electron chi connectivity index (χ0n) is 20.1. The molecule has 0 aliphatic heterocycles. The minimum Gasteiger partial charge on any atom is -0.494 e. The first-order chi connectivity index (χ1) is 16.4. The third-order valence-corrected chi connectivity index (χ3v) is 8.06. The lowest BCUT2D eigenvalue weighted by Gasteiger charge is -2.28. The molecular formula is C29H34F4O. The number of methoxy groups -OCH3 is 1. The lowest BCUT2D eigenvalue weighted by molar-refractivity contribution is 0.312. The molecule has 34 heavy (non-hydrogen) atoms. The molecule has 0 spiro atoms. The summed E-state index contributed by atoms with van der Waals surface area (Å²) in [5.41, 5.74) is 1.17. The molecule has 1 nitrogen and oxygen atoms in total. The van der Waals surface area contributed by atoms with Crippen LogP contribution in [0.4, 0.5) is 17.6 Å². The Morgan fingerprint density at radius 1 is 0.735 bits per heavy atom. The van der Waals surface area contributed by atoms with E-state index in [9.17, 15) is 17.6 Å². The SMILES string of the molecule is CCC1CCC(c2ccc(/C=C/C3CCC(c4ccc(OC)c(F)c4F)CC3)c(F)c2F)CC1. The molecule has 0 aromatic heterocycles. The van der Waals surface area contributed by atoms with E-state index in [2.05, 4.69) is 6.92 Å². The van der Waals surface area contributed by atoms with Crippen LogP contribution >= 0.6 is 0 Å². The Morgan fingerprint density at radius 3 is 1.88 bits per heavy atom. The number of rotatable bonds is 6. The number of benzene rings is 2. The van der Waals surface area contributed by atoms with Crippen LogP contribution in [-0.2, 0) is 0 Å². The first kappa shape index (κ1) is 24.8. The van der Waals surface area contributed by atoms with Gasteiger partial charge in [0, 0.05) is 5.56 Å². The smallest absolute Gasteiger partial charge is 0.200 e. The molecular weight excluding hydrogens is 440 g/mol. The van der Waals surface area contributed by atoms with Gasteiger partial charge in [0.2, 0.25) is 5.82 Å². The number of halogens is 4. The third-order valence-electron chi connectivity index (χ3n) is 8.06. The van der Waals surface area contributed by atoms with E-state index >= 15 is 0 Å². The summed E-state index contributed by atoms with van der Waals surface area (Å²) in [7, 11) is 1.31. The van der Waals surface area contributed by atoms with Crippen LogP contribution in [0.2, 0.25) is 0 Å². The van der Waals surface area contributed by atoms with Gasteiger partial charge in [-0.1, -0.05) is 43.7 Å². The summed E-state index contributed by atoms with van der Waals surface area (Å²) in [6.45, 7) is 2.19. The molecule has 2 saturated carbocycles. The van der Waals surface area contributed by atoms with Crippen molar-refractivity contribution >= 4 is 6.08 Å². The topological polar surface area (TPSA) is 9.23 Å². The molecule has 0 bridgehead atoms. The van der Waals surface area contributed by atoms with E-state index in [4.69, 9.17) is 4.74 Å². The second-order valence-electron chi connectivity index (χ2n) is 9.95. The predicted molar refractivity (Wildman–Crippen MR) is 128 cm³/mol. The van der Waals surface area contributed by atoms with Gasteiger partial charge in [0.05, 0.1) is 7.11 Å². The van der Waals surface area contributed by atoms with E-state index in [1.807, 2.05) is 6.08 Å². The van der Waals surface area contributed by atoms with Gasteiger partial charge in [0.1, 0.15) is 0 Å². The summed E-state index contributed by atoms with van der Waals surface area (Å²) in [5.74, 6) is -2.38. The molecule has 0 atom stereocenters. The molecule has 0 unspecified atom stereocenters. The fourth-order valence-corrected chi connectivity index (χ4v) is 5.79. The molecule has 2 aliphatic rings. The van der Waals surface area contributed by atoms with E-state index in [0.29, 0.717) is 29.9 Å². The molecule has 184 valence electrons. The van der Waals surface area contributed by atoms with Gasteiger partial charge in [-0.15, -0.1) is 0 Å². The van der Waals surface area contributed by atoms with Gasteiger partial charge >= 0.3 is 0 Å². The van der Waals surface area contributed by atoms with Crippen molar-refractivity contribution in [2.45, 2.75) is 76.5 Å². The normalized spacial score (nSPS) is 25.6. The summed E-state index contributed by atoms with van der Waals surface area (Å²) in [4.78, 5) is 0. The van der Waals surface area contributed by atoms with Gasteiger partial charge in [-0.2, -0.15) is 4.39 Å². The predicted octanol–water partition coefficient (Wildman–Crippen LogP) is 8.92. The summed E-state index contributed by atoms with van der Waals surface area (Å²) in [6, 6.07) is 6.52. The van der Waals surface area contributed by atoms with Crippen molar-refractivity contribution in [3.8, 4) is 5.75 Å². The fraction of sp³-hybridized carbons (Fsp3) is 0.517. The van der Waals surface area contributed by atoms with E-state index < -0.39 is 23.3 Å². The molecule has 0 saturated heterocycles. The van der Waals surface area contributed by atoms with E-state index in [0.717, 1.165) is 44.9 Å². The summed E-state index contributed by atoms with van der Waals surface area (Å²) >= 11 is 0. The quantitative estimate of drug-likeness (QED) is 0.380. The molecule has 0 amide bonds. The number of hydrogen-bond donors (Lipinski definition) is 0. The highest BCUT2D eigenvalue weighted by Gasteiger charge is 2.27. The van der Waals surface area contributed by atoms with Gasteiger partial charge in [-0.05, 0) is 92.2 Å². The Kier molecular flexibility index (Phi) is 8.00. The monoisotopic (exact) mass is 474 g/mol. The van der Waals surface area contributed by atoms with Gasteiger partial charge < -0.3 is 4.74 Å². The first-order valence-corrected chi connectivity index (χ1v) is 12.6. The molecule has 5 heteroatoms. The number of hydrogen-bond acceptors (Lipinski definition) is 1. The number of ether oxygens (including phenoxy) is 1. The average molecular weight is 475 g/mol. The molecule has 0 radical (unpaired) electrons. The summed E-state index contributed by atoms with van der Waals surface area (Å²) < 4.78 is 63.1. The maximum absolute atomic E-state index is 14.9. The Balaban J connectivity index is 1.38. The second kappa shape index (κ2) is 11.0. The Labute approximate surface area is 200 Å². The lowest BCUT2D eigenvalue weighted by Crippen LogP contribution is -2.14. The van der Waals surface area contributed by atoms with E-state index in [1.54, 1.807) is 24.3 Å². The highest BCUT2D eigenvalue weighted by Crippen LogP contribution is 2.40. The standard InChI is InChI=1S/C29H34F4O/c1-3-18-4-9-20(10-5-18)23-15-14-22(26(30)27(23)31)13-8-19-6-11-21(12-7-19)24-16-17-25(34-2)29(33)28(24)32/h8,13-21H,3-7,9-12H2,1-2H3/b13-8+. The van der Waals surface area contributed by atoms with Crippen LogP contribution in [0.1, 0.15) is 93.2 Å². The van der Waals surface area contributed by atoms with Crippen molar-refractivity contribution in [1.82, 2.24) is 0 Å². The van der Waals surface area contributed by atoms with Crippen LogP contribution in [0, 0.1) is 35.1 Å². The molecule has 2 aliphatic carbocycles. The Hall–Kier alpha value is -2.30. The number of allylic oxidation sites excluding steroid dienone is 1. The van der Waals surface area contributed by atoms with Gasteiger partial charge in [-0.25, -0.2) is 13.2 Å². The maximum Gasteiger partial charge on any atom is 0.200 e. The molecule has 4 rings (SSSR count). The van der Waals surface area contributed by atoms with Crippen LogP contribution in [0.25, 0.3) is 6.08 Å². The summed E-state index contributed by atoms with van der Waals surface area (Å²) in [6.07, 6.45) is 11.8. The van der Waals surface area contributed by atoms with Crippen molar-refractivity contribution in [3.63, 3.8) is 0 Å². The highest BCUT2D eigenvalue weighted by molar-refractivity contribution is 5.52. The van der Waals surface area contributed by atoms with Crippen LogP contribution in [0.3, 0.4) is 0 Å². The van der Waals surface area contributed by atoms with E-state index in [1.165, 1.54) is 13.2 Å². The van der Waals surface area contributed by atoms with Crippen molar-refractivity contribution in [2.24, 2.45) is 11.8 Å². The van der Waals surface area contributed by atoms with Crippen LogP contribution < -0.4 is 4.74 Å². The zero-order chi connectivity index (χ0) is 24.2. The molecule has 2 aromatic carbocycles. The Morgan fingerprint density at radius 2 is 1.29 bits per heavy atom. The van der Waals surface area contributed by atoms with Crippen LogP contribution in [0.5, 0.6) is 5.75 Å². The largest absolute Gasteiger partial charge is 0.494 e. The molecule has 0 heterocycles. The zero-order valence-corrected chi connectivity index (χ0v) is 20.1. The average Bonchev–Trinajstić information content (AvgIpc) is 2.87. The van der Waals surface area contributed by atoms with Gasteiger partial charge in [0.15, 0.2) is 23.2 Å². The maximum atomic E-state index is 14.9. The Bertz CT molecular complexity index is 1020. The highest BCUT2D eigenvalue weighted by atomic mass is 19.2. The van der Waals surface area contributed by atoms with Crippen LogP contribution in [-0.4, -0.2) is 7.11 Å². The third kappa shape index (κ3) is 5.18. The molecule has 0 N–H and O–H groups in total. The van der Waals surface area contributed by atoms with Gasteiger partial charge in [-0.3, -0.25) is 0 Å². The van der Waals surface area contributed by atoms with Crippen molar-refractivity contribution in [3.05, 3.63) is 70.3 Å². The lowest BCUT2D eigenvalue weighted by atomic mass is 9.77. The minimum absolute atomic E-state index is 0.0543. The second-order valence-corrected chi connectivity index (χ2v) is 9.95. The fourth-order valence-electron chi connectivity index (χ4n) is 5.79. The van der Waals surface area contributed by atoms with E-state index in [-0.39, 0.29) is 29.1 Å². The van der Waals surface area contributed by atoms with Crippen molar-refractivity contribution < 1.29 is 22.3 Å². The van der Waals surface area contributed by atoms with Gasteiger partial charge in [0.25, 0.3) is 0 Å². The molecule has 2 aromatic rings. The summed E-state index contributed by atoms with van der Waals surface area (Å²) in [5, 5.41) is 0. The van der Waals surface area contributed by atoms with Crippen molar-refractivity contribution in [2.75, 3.05) is 7.11 Å². The first-order valence-electron chi connectivity index (χ1n) is 12.6.